The third-order valence-corrected chi connectivity index (χ3v) is 3.62. The zero-order valence-electron chi connectivity index (χ0n) is 10.7. The summed E-state index contributed by atoms with van der Waals surface area (Å²) in [6.45, 7) is 1.21. The first-order chi connectivity index (χ1) is 9.69. The van der Waals surface area contributed by atoms with Crippen LogP contribution in [-0.2, 0) is 13.0 Å². The fourth-order valence-electron chi connectivity index (χ4n) is 2.61. The molecule has 0 saturated heterocycles. The van der Waals surface area contributed by atoms with E-state index in [1.165, 1.54) is 12.1 Å². The molecule has 100 valence electrons. The summed E-state index contributed by atoms with van der Waals surface area (Å²) in [5.74, 6) is -0.740. The van der Waals surface area contributed by atoms with Crippen molar-refractivity contribution < 1.29 is 8.78 Å². The van der Waals surface area contributed by atoms with Gasteiger partial charge < -0.3 is 4.90 Å². The highest BCUT2D eigenvalue weighted by Crippen LogP contribution is 2.28. The molecule has 0 aliphatic carbocycles. The number of halogens is 2. The standard InChI is InChI=1S/C16H12F2N2/c17-13-5-4-12-10-20(7-6-11(12)8-13)16-3-1-2-15(18)14(16)9-19/h1-5,8H,6-7,10H2. The van der Waals surface area contributed by atoms with E-state index >= 15 is 0 Å². The molecule has 0 amide bonds. The van der Waals surface area contributed by atoms with Gasteiger partial charge in [-0.3, -0.25) is 0 Å². The Morgan fingerprint density at radius 3 is 2.75 bits per heavy atom. The predicted octanol–water partition coefficient (Wildman–Crippen LogP) is 3.40. The minimum Gasteiger partial charge on any atom is -0.366 e. The number of nitriles is 1. The van der Waals surface area contributed by atoms with Gasteiger partial charge in [0.15, 0.2) is 0 Å². The Kier molecular flexibility index (Phi) is 3.11. The minimum atomic E-state index is -0.505. The average molecular weight is 270 g/mol. The van der Waals surface area contributed by atoms with Crippen molar-refractivity contribution in [2.24, 2.45) is 0 Å². The molecule has 0 bridgehead atoms. The molecule has 0 saturated carbocycles. The van der Waals surface area contributed by atoms with Gasteiger partial charge in [0.1, 0.15) is 23.3 Å². The fraction of sp³-hybridized carbons (Fsp3) is 0.188. The molecule has 0 unspecified atom stereocenters. The molecule has 0 fully saturated rings. The van der Waals surface area contributed by atoms with Gasteiger partial charge in [0, 0.05) is 13.1 Å². The second kappa shape index (κ2) is 4.93. The van der Waals surface area contributed by atoms with E-state index in [1.807, 2.05) is 11.0 Å². The summed E-state index contributed by atoms with van der Waals surface area (Å²) in [6.07, 6.45) is 0.689. The topological polar surface area (TPSA) is 27.0 Å². The van der Waals surface area contributed by atoms with Crippen molar-refractivity contribution >= 4 is 5.69 Å². The molecule has 0 atom stereocenters. The van der Waals surface area contributed by atoms with Gasteiger partial charge in [-0.25, -0.2) is 8.78 Å². The Morgan fingerprint density at radius 2 is 1.95 bits per heavy atom. The summed E-state index contributed by atoms with van der Waals surface area (Å²) >= 11 is 0. The van der Waals surface area contributed by atoms with E-state index in [2.05, 4.69) is 0 Å². The van der Waals surface area contributed by atoms with Crippen molar-refractivity contribution in [1.82, 2.24) is 0 Å². The normalized spacial score (nSPS) is 13.8. The maximum absolute atomic E-state index is 13.7. The van der Waals surface area contributed by atoms with Crippen LogP contribution in [0.4, 0.5) is 14.5 Å². The number of rotatable bonds is 1. The Labute approximate surface area is 115 Å². The van der Waals surface area contributed by atoms with Crippen molar-refractivity contribution in [3.63, 3.8) is 0 Å². The molecule has 1 aliphatic rings. The van der Waals surface area contributed by atoms with Gasteiger partial charge in [-0.2, -0.15) is 5.26 Å². The molecule has 4 heteroatoms. The molecule has 0 spiro atoms. The van der Waals surface area contributed by atoms with Gasteiger partial charge >= 0.3 is 0 Å². The number of hydrogen-bond donors (Lipinski definition) is 0. The molecule has 0 radical (unpaired) electrons. The van der Waals surface area contributed by atoms with E-state index in [1.54, 1.807) is 24.3 Å². The molecule has 2 aromatic carbocycles. The van der Waals surface area contributed by atoms with E-state index in [-0.39, 0.29) is 11.4 Å². The highest BCUT2D eigenvalue weighted by atomic mass is 19.1. The Morgan fingerprint density at radius 1 is 1.10 bits per heavy atom. The lowest BCUT2D eigenvalue weighted by molar-refractivity contribution is 0.615. The van der Waals surface area contributed by atoms with Gasteiger partial charge in [0.2, 0.25) is 0 Å². The molecule has 1 heterocycles. The van der Waals surface area contributed by atoms with Gasteiger partial charge in [-0.05, 0) is 41.8 Å². The lowest BCUT2D eigenvalue weighted by Gasteiger charge is -2.31. The average Bonchev–Trinajstić information content (AvgIpc) is 2.46. The number of nitrogens with zero attached hydrogens (tertiary/aromatic N) is 2. The highest BCUT2D eigenvalue weighted by Gasteiger charge is 2.20. The van der Waals surface area contributed by atoms with E-state index in [0.29, 0.717) is 25.2 Å². The lowest BCUT2D eigenvalue weighted by Crippen LogP contribution is -2.31. The Hall–Kier alpha value is -2.41. The van der Waals surface area contributed by atoms with E-state index in [0.717, 1.165) is 11.1 Å². The molecule has 2 aromatic rings. The van der Waals surface area contributed by atoms with Gasteiger partial charge in [-0.1, -0.05) is 12.1 Å². The fourth-order valence-corrected chi connectivity index (χ4v) is 2.61. The highest BCUT2D eigenvalue weighted by molar-refractivity contribution is 5.61. The van der Waals surface area contributed by atoms with E-state index in [4.69, 9.17) is 5.26 Å². The van der Waals surface area contributed by atoms with Crippen LogP contribution in [0.3, 0.4) is 0 Å². The number of hydrogen-bond acceptors (Lipinski definition) is 2. The molecule has 20 heavy (non-hydrogen) atoms. The number of fused-ring (bicyclic) bond motifs is 1. The van der Waals surface area contributed by atoms with Crippen molar-refractivity contribution in [3.05, 3.63) is 64.7 Å². The number of anilines is 1. The van der Waals surface area contributed by atoms with Crippen LogP contribution in [-0.4, -0.2) is 6.54 Å². The van der Waals surface area contributed by atoms with Crippen LogP contribution in [0.5, 0.6) is 0 Å². The zero-order chi connectivity index (χ0) is 14.1. The summed E-state index contributed by atoms with van der Waals surface area (Å²) in [7, 11) is 0. The molecular weight excluding hydrogens is 258 g/mol. The van der Waals surface area contributed by atoms with Crippen molar-refractivity contribution in [2.45, 2.75) is 13.0 Å². The molecule has 0 N–H and O–H groups in total. The van der Waals surface area contributed by atoms with E-state index in [9.17, 15) is 8.78 Å². The van der Waals surface area contributed by atoms with Gasteiger partial charge in [0.25, 0.3) is 0 Å². The quantitative estimate of drug-likeness (QED) is 0.794. The van der Waals surface area contributed by atoms with Crippen LogP contribution in [0.15, 0.2) is 36.4 Å². The monoisotopic (exact) mass is 270 g/mol. The Balaban J connectivity index is 1.97. The molecule has 3 rings (SSSR count). The van der Waals surface area contributed by atoms with Crippen molar-refractivity contribution in [3.8, 4) is 6.07 Å². The summed E-state index contributed by atoms with van der Waals surface area (Å²) in [4.78, 5) is 1.96. The first-order valence-corrected chi connectivity index (χ1v) is 6.40. The first kappa shape index (κ1) is 12.6. The Bertz CT molecular complexity index is 704. The first-order valence-electron chi connectivity index (χ1n) is 6.40. The summed E-state index contributed by atoms with van der Waals surface area (Å²) in [6, 6.07) is 11.3. The SMILES string of the molecule is N#Cc1c(F)cccc1N1CCc2cc(F)ccc2C1. The molecule has 2 nitrogen and oxygen atoms in total. The summed E-state index contributed by atoms with van der Waals surface area (Å²) < 4.78 is 26.8. The van der Waals surface area contributed by atoms with Crippen molar-refractivity contribution in [2.75, 3.05) is 11.4 Å². The van der Waals surface area contributed by atoms with Gasteiger partial charge in [0.05, 0.1) is 5.69 Å². The lowest BCUT2D eigenvalue weighted by atomic mass is 9.98. The molecular formula is C16H12F2N2. The number of benzene rings is 2. The van der Waals surface area contributed by atoms with Gasteiger partial charge in [-0.15, -0.1) is 0 Å². The minimum absolute atomic E-state index is 0.0676. The van der Waals surface area contributed by atoms with Crippen LogP contribution >= 0.6 is 0 Å². The van der Waals surface area contributed by atoms with E-state index < -0.39 is 5.82 Å². The van der Waals surface area contributed by atoms with Crippen LogP contribution in [0, 0.1) is 23.0 Å². The summed E-state index contributed by atoms with van der Waals surface area (Å²) in [5, 5.41) is 9.10. The third kappa shape index (κ3) is 2.12. The zero-order valence-corrected chi connectivity index (χ0v) is 10.7. The van der Waals surface area contributed by atoms with Crippen LogP contribution in [0.1, 0.15) is 16.7 Å². The van der Waals surface area contributed by atoms with Crippen LogP contribution in [0.2, 0.25) is 0 Å². The maximum atomic E-state index is 13.7. The van der Waals surface area contributed by atoms with Crippen LogP contribution in [0.25, 0.3) is 0 Å². The second-order valence-corrected chi connectivity index (χ2v) is 4.83. The second-order valence-electron chi connectivity index (χ2n) is 4.83. The van der Waals surface area contributed by atoms with Crippen molar-refractivity contribution in [1.29, 1.82) is 5.26 Å². The summed E-state index contributed by atoms with van der Waals surface area (Å²) in [5.41, 5.74) is 2.67. The smallest absolute Gasteiger partial charge is 0.143 e. The maximum Gasteiger partial charge on any atom is 0.143 e. The largest absolute Gasteiger partial charge is 0.366 e. The van der Waals surface area contributed by atoms with Crippen LogP contribution < -0.4 is 4.90 Å². The predicted molar refractivity (Wildman–Crippen MR) is 72.3 cm³/mol. The molecule has 0 aromatic heterocycles. The third-order valence-electron chi connectivity index (χ3n) is 3.62. The molecule has 1 aliphatic heterocycles.